The van der Waals surface area contributed by atoms with Crippen LogP contribution in [0.25, 0.3) is 45.3 Å². The van der Waals surface area contributed by atoms with Gasteiger partial charge in [0.1, 0.15) is 17.1 Å². The number of aromatic nitrogens is 11. The van der Waals surface area contributed by atoms with E-state index in [1.54, 1.807) is 61.7 Å². The Morgan fingerprint density at radius 3 is 1.67 bits per heavy atom. The third kappa shape index (κ3) is 10.5. The zero-order valence-electron chi connectivity index (χ0n) is 48.2. The fourth-order valence-electron chi connectivity index (χ4n) is 12.3. The van der Waals surface area contributed by atoms with Crippen LogP contribution >= 0.6 is 43.5 Å². The molecule has 2 aliphatic rings. The third-order valence-electron chi connectivity index (χ3n) is 17.0. The van der Waals surface area contributed by atoms with E-state index in [1.165, 1.54) is 17.0 Å². The number of nitrogens with zero attached hydrogens (tertiary/aromatic N) is 13. The molecule has 0 saturated carbocycles. The van der Waals surface area contributed by atoms with E-state index in [0.29, 0.717) is 98.4 Å². The number of halogens is 6. The SMILES string of the molecule is Cc1nnc(-c2ccc(-n3c(=O)c4c(n5ncc(Cc6ccc(Cn7cncc7-c7ccc(-n8c(=O)c9c(n%10ncc(Cc%11ccccc%11)c8%10)CN(C(=O)c8ccc(Br)c(C(F)(F)F)c8)CC9)cc7)cc6)c35)CN(C(=O)c3ccc(Br)c(Cl)c3)CC4)cc2)n1C. The van der Waals surface area contributed by atoms with Gasteiger partial charge in [-0.3, -0.25) is 28.3 Å². The Morgan fingerprint density at radius 1 is 0.611 bits per heavy atom. The van der Waals surface area contributed by atoms with Gasteiger partial charge in [0.05, 0.1) is 77.1 Å². The summed E-state index contributed by atoms with van der Waals surface area (Å²) in [7, 11) is 1.91. The van der Waals surface area contributed by atoms with Crippen molar-refractivity contribution in [1.29, 1.82) is 0 Å². The Bertz CT molecular complexity index is 4980. The Balaban J connectivity index is 0.744. The highest BCUT2D eigenvalue weighted by Crippen LogP contribution is 2.37. The summed E-state index contributed by atoms with van der Waals surface area (Å²) in [6.45, 7) is 2.94. The topological polar surface area (TPSA) is 168 Å². The Morgan fingerprint density at radius 2 is 1.13 bits per heavy atom. The minimum atomic E-state index is -4.67. The summed E-state index contributed by atoms with van der Waals surface area (Å²) < 4.78 is 53.1. The number of carbonyl (C=O) groups is 2. The number of alkyl halides is 3. The largest absolute Gasteiger partial charge is 0.417 e. The number of hydrogen-bond donors (Lipinski definition) is 0. The van der Waals surface area contributed by atoms with Crippen LogP contribution in [-0.4, -0.2) is 87.4 Å². The highest BCUT2D eigenvalue weighted by atomic mass is 79.9. The second-order valence-electron chi connectivity index (χ2n) is 22.5. The molecule has 12 aromatic rings. The fraction of sp³-hybridized carbons (Fsp3) is 0.179. The number of amides is 2. The van der Waals surface area contributed by atoms with Crippen molar-refractivity contribution in [3.63, 3.8) is 0 Å². The van der Waals surface area contributed by atoms with Gasteiger partial charge in [0.15, 0.2) is 5.82 Å². The molecule has 90 heavy (non-hydrogen) atoms. The molecule has 450 valence electrons. The molecule has 2 amide bonds. The number of carbonyl (C=O) groups excluding carboxylic acids is 2. The summed E-state index contributed by atoms with van der Waals surface area (Å²) in [5.41, 5.74) is 10.5. The molecular formula is C67H51Br2ClF3N13O4. The number of hydrogen-bond acceptors (Lipinski definition) is 9. The Kier molecular flexibility index (Phi) is 15.0. The number of fused-ring (bicyclic) bond motifs is 6. The normalized spacial score (nSPS) is 13.3. The smallest absolute Gasteiger partial charge is 0.332 e. The van der Waals surface area contributed by atoms with Crippen LogP contribution in [0.5, 0.6) is 0 Å². The van der Waals surface area contributed by atoms with Crippen LogP contribution in [0.15, 0.2) is 183 Å². The molecule has 0 aliphatic carbocycles. The van der Waals surface area contributed by atoms with Gasteiger partial charge in [0.25, 0.3) is 22.9 Å². The van der Waals surface area contributed by atoms with Gasteiger partial charge >= 0.3 is 6.18 Å². The summed E-state index contributed by atoms with van der Waals surface area (Å²) in [6.07, 6.45) is 3.79. The van der Waals surface area contributed by atoms with Gasteiger partial charge in [-0.15, -0.1) is 10.2 Å². The van der Waals surface area contributed by atoms with Crippen molar-refractivity contribution in [2.75, 3.05) is 13.1 Å². The van der Waals surface area contributed by atoms with E-state index < -0.39 is 17.6 Å². The van der Waals surface area contributed by atoms with E-state index >= 15 is 0 Å². The molecule has 0 N–H and O–H groups in total. The highest BCUT2D eigenvalue weighted by Gasteiger charge is 2.36. The molecule has 0 saturated heterocycles. The lowest BCUT2D eigenvalue weighted by molar-refractivity contribution is -0.138. The Hall–Kier alpha value is -9.51. The summed E-state index contributed by atoms with van der Waals surface area (Å²) >= 11 is 12.8. The average molecular weight is 1350 g/mol. The number of benzene rings is 6. The molecular weight excluding hydrogens is 1300 g/mol. The summed E-state index contributed by atoms with van der Waals surface area (Å²) in [6, 6.07) is 42.0. The van der Waals surface area contributed by atoms with Crippen LogP contribution in [0.1, 0.15) is 82.4 Å². The summed E-state index contributed by atoms with van der Waals surface area (Å²) in [5.74, 6) is 0.682. The molecule has 0 unspecified atom stereocenters. The minimum absolute atomic E-state index is 0.0401. The van der Waals surface area contributed by atoms with Crippen LogP contribution in [-0.2, 0) is 58.5 Å². The first kappa shape index (κ1) is 58.2. The van der Waals surface area contributed by atoms with Crippen LogP contribution in [0.2, 0.25) is 5.02 Å². The fourth-order valence-corrected chi connectivity index (χ4v) is 13.2. The molecule has 2 aliphatic heterocycles. The predicted octanol–water partition coefficient (Wildman–Crippen LogP) is 12.1. The molecule has 0 bridgehead atoms. The van der Waals surface area contributed by atoms with Gasteiger partial charge < -0.3 is 18.9 Å². The lowest BCUT2D eigenvalue weighted by atomic mass is 10.0. The zero-order chi connectivity index (χ0) is 62.3. The highest BCUT2D eigenvalue weighted by molar-refractivity contribution is 9.10. The molecule has 14 rings (SSSR count). The van der Waals surface area contributed by atoms with Crippen molar-refractivity contribution in [1.82, 2.24) is 62.5 Å². The van der Waals surface area contributed by atoms with E-state index in [4.69, 9.17) is 21.8 Å². The monoisotopic (exact) mass is 1350 g/mol. The zero-order valence-corrected chi connectivity index (χ0v) is 52.1. The predicted molar refractivity (Wildman–Crippen MR) is 340 cm³/mol. The van der Waals surface area contributed by atoms with Crippen molar-refractivity contribution < 1.29 is 22.8 Å². The number of rotatable bonds is 12. The maximum Gasteiger partial charge on any atom is 0.417 e. The first-order chi connectivity index (χ1) is 43.4. The molecule has 23 heteroatoms. The third-order valence-corrected chi connectivity index (χ3v) is 18.9. The van der Waals surface area contributed by atoms with Crippen molar-refractivity contribution in [3.05, 3.63) is 272 Å². The van der Waals surface area contributed by atoms with E-state index in [0.717, 1.165) is 56.5 Å². The van der Waals surface area contributed by atoms with Crippen LogP contribution in [0.4, 0.5) is 13.2 Å². The first-order valence-electron chi connectivity index (χ1n) is 28.8. The van der Waals surface area contributed by atoms with Gasteiger partial charge in [-0.1, -0.05) is 94.3 Å². The average Bonchev–Trinajstić information content (AvgIpc) is 1.43. The molecule has 6 aromatic carbocycles. The van der Waals surface area contributed by atoms with Gasteiger partial charge in [-0.05, 0) is 131 Å². The van der Waals surface area contributed by atoms with Crippen LogP contribution < -0.4 is 11.1 Å². The molecule has 6 aromatic heterocycles. The standard InChI is InChI=1S/C67H51Br2ClF3N13O4/c1-39-77-78-60(79(39)2)44-14-20-50(21-15-44)84-62-48(33-76-86(62)59-37-81(27-25-52(59)66(84)90)64(88)46-17-23-55(69)56(70)31-46)29-41-8-10-42(11-9-41)35-82-38-74-34-57(82)43-12-18-49(19-13-43)83-61-47(28-40-6-4-3-5-7-40)32-75-85(61)58-36-80(26-24-51(58)65(83)89)63(87)45-16-22-54(68)53(30-45)67(71,72)73/h3-23,30-34,38H,24-29,35-37H2,1-2H3. The van der Waals surface area contributed by atoms with Crippen molar-refractivity contribution in [3.8, 4) is 34.0 Å². The van der Waals surface area contributed by atoms with Crippen molar-refractivity contribution in [2.45, 2.75) is 58.4 Å². The molecule has 8 heterocycles. The summed E-state index contributed by atoms with van der Waals surface area (Å²) in [5, 5.41) is 18.8. The van der Waals surface area contributed by atoms with Crippen molar-refractivity contribution >= 4 is 66.6 Å². The second kappa shape index (κ2) is 23.1. The van der Waals surface area contributed by atoms with Crippen LogP contribution in [0.3, 0.4) is 0 Å². The molecule has 0 atom stereocenters. The lowest BCUT2D eigenvalue weighted by Crippen LogP contribution is -2.41. The van der Waals surface area contributed by atoms with Gasteiger partial charge in [-0.2, -0.15) is 23.4 Å². The quantitative estimate of drug-likeness (QED) is 0.116. The van der Waals surface area contributed by atoms with Gasteiger partial charge in [-0.25, -0.2) is 14.0 Å². The summed E-state index contributed by atoms with van der Waals surface area (Å²) in [4.78, 5) is 65.5. The van der Waals surface area contributed by atoms with Gasteiger partial charge in [0, 0.05) is 87.4 Å². The molecule has 17 nitrogen and oxygen atoms in total. The maximum atomic E-state index is 15.0. The van der Waals surface area contributed by atoms with E-state index in [9.17, 15) is 32.3 Å². The Labute approximate surface area is 533 Å². The number of imidazole rings is 1. The van der Waals surface area contributed by atoms with Crippen LogP contribution in [0, 0.1) is 6.92 Å². The molecule has 0 spiro atoms. The van der Waals surface area contributed by atoms with E-state index in [-0.39, 0.29) is 53.1 Å². The second-order valence-corrected chi connectivity index (χ2v) is 24.6. The number of aryl methyl sites for hydroxylation is 1. The maximum absolute atomic E-state index is 15.0. The first-order valence-corrected chi connectivity index (χ1v) is 30.8. The van der Waals surface area contributed by atoms with E-state index in [1.807, 2.05) is 102 Å². The van der Waals surface area contributed by atoms with E-state index in [2.05, 4.69) is 75.9 Å². The van der Waals surface area contributed by atoms with Crippen molar-refractivity contribution in [2.24, 2.45) is 7.05 Å². The molecule has 0 radical (unpaired) electrons. The van der Waals surface area contributed by atoms with Gasteiger partial charge in [0.2, 0.25) is 0 Å². The molecule has 0 fully saturated rings. The minimum Gasteiger partial charge on any atom is -0.332 e. The lowest BCUT2D eigenvalue weighted by Gasteiger charge is -2.30.